The maximum Gasteiger partial charge on any atom is 0.303 e. The van der Waals surface area contributed by atoms with Gasteiger partial charge in [0.05, 0.1) is 13.0 Å². The number of carbonyl (C=O) groups is 1. The van der Waals surface area contributed by atoms with Gasteiger partial charge in [-0.3, -0.25) is 4.79 Å². The van der Waals surface area contributed by atoms with Crippen molar-refractivity contribution in [1.82, 2.24) is 5.32 Å². The molecule has 2 fully saturated rings. The minimum Gasteiger partial charge on any atom is -0.493 e. The number of carboxylic acid groups (broad SMARTS) is 1. The summed E-state index contributed by atoms with van der Waals surface area (Å²) in [5.74, 6) is 1.42. The summed E-state index contributed by atoms with van der Waals surface area (Å²) in [6.07, 6.45) is 3.69. The van der Waals surface area contributed by atoms with E-state index in [9.17, 15) is 4.79 Å². The van der Waals surface area contributed by atoms with E-state index in [-0.39, 0.29) is 12.3 Å². The van der Waals surface area contributed by atoms with Crippen molar-refractivity contribution in [2.75, 3.05) is 19.7 Å². The van der Waals surface area contributed by atoms with Gasteiger partial charge in [0.15, 0.2) is 0 Å². The zero-order valence-corrected chi connectivity index (χ0v) is 12.3. The molecule has 4 nitrogen and oxygen atoms in total. The van der Waals surface area contributed by atoms with Gasteiger partial charge in [0.25, 0.3) is 0 Å². The summed E-state index contributed by atoms with van der Waals surface area (Å²) in [6, 6.07) is 8.02. The van der Waals surface area contributed by atoms with Crippen molar-refractivity contribution in [3.05, 3.63) is 29.8 Å². The molecule has 1 saturated heterocycles. The highest BCUT2D eigenvalue weighted by Gasteiger charge is 2.33. The first-order valence-corrected chi connectivity index (χ1v) is 7.87. The van der Waals surface area contributed by atoms with E-state index in [1.165, 1.54) is 6.42 Å². The van der Waals surface area contributed by atoms with Crippen molar-refractivity contribution < 1.29 is 14.6 Å². The number of nitrogens with one attached hydrogen (secondary N) is 1. The molecule has 1 aromatic rings. The molecular formula is C17H23NO3. The van der Waals surface area contributed by atoms with Crippen LogP contribution < -0.4 is 10.1 Å². The minimum atomic E-state index is -0.713. The Kier molecular flexibility index (Phi) is 4.44. The van der Waals surface area contributed by atoms with Crippen LogP contribution in [-0.2, 0) is 4.79 Å². The number of benzene rings is 1. The van der Waals surface area contributed by atoms with E-state index in [0.717, 1.165) is 43.9 Å². The monoisotopic (exact) mass is 289 g/mol. The fourth-order valence-electron chi connectivity index (χ4n) is 3.15. The van der Waals surface area contributed by atoms with Crippen LogP contribution in [0.4, 0.5) is 0 Å². The highest BCUT2D eigenvalue weighted by Crippen LogP contribution is 2.45. The number of rotatable bonds is 7. The second kappa shape index (κ2) is 6.48. The number of carboxylic acids is 1. The van der Waals surface area contributed by atoms with E-state index in [1.807, 2.05) is 24.3 Å². The highest BCUT2D eigenvalue weighted by atomic mass is 16.5. The van der Waals surface area contributed by atoms with Crippen LogP contribution in [0.15, 0.2) is 24.3 Å². The quantitative estimate of drug-likeness (QED) is 0.810. The zero-order chi connectivity index (χ0) is 14.7. The van der Waals surface area contributed by atoms with Gasteiger partial charge in [0.2, 0.25) is 0 Å². The van der Waals surface area contributed by atoms with Gasteiger partial charge in [-0.1, -0.05) is 12.1 Å². The van der Waals surface area contributed by atoms with E-state index < -0.39 is 5.97 Å². The molecule has 114 valence electrons. The topological polar surface area (TPSA) is 58.6 Å². The summed E-state index contributed by atoms with van der Waals surface area (Å²) < 4.78 is 5.90. The summed E-state index contributed by atoms with van der Waals surface area (Å²) in [5.41, 5.74) is 1.11. The van der Waals surface area contributed by atoms with Gasteiger partial charge >= 0.3 is 5.97 Å². The molecule has 0 aromatic heterocycles. The molecule has 0 bridgehead atoms. The Morgan fingerprint density at radius 1 is 1.38 bits per heavy atom. The largest absolute Gasteiger partial charge is 0.493 e. The molecule has 0 amide bonds. The van der Waals surface area contributed by atoms with Crippen molar-refractivity contribution in [1.29, 1.82) is 0 Å². The lowest BCUT2D eigenvalue weighted by Crippen LogP contribution is -2.15. The van der Waals surface area contributed by atoms with Gasteiger partial charge in [-0.25, -0.2) is 0 Å². The van der Waals surface area contributed by atoms with Crippen molar-refractivity contribution in [2.45, 2.75) is 31.6 Å². The molecule has 0 spiro atoms. The third-order valence-electron chi connectivity index (χ3n) is 4.52. The van der Waals surface area contributed by atoms with Crippen LogP contribution in [-0.4, -0.2) is 30.8 Å². The fraction of sp³-hybridized carbons (Fsp3) is 0.588. The summed E-state index contributed by atoms with van der Waals surface area (Å²) in [5, 5.41) is 12.4. The van der Waals surface area contributed by atoms with Crippen LogP contribution in [0.1, 0.15) is 37.2 Å². The smallest absolute Gasteiger partial charge is 0.303 e. The zero-order valence-electron chi connectivity index (χ0n) is 12.3. The van der Waals surface area contributed by atoms with Gasteiger partial charge in [-0.15, -0.1) is 0 Å². The second-order valence-corrected chi connectivity index (χ2v) is 6.28. The van der Waals surface area contributed by atoms with Crippen LogP contribution >= 0.6 is 0 Å². The Hall–Kier alpha value is -1.55. The molecule has 2 unspecified atom stereocenters. The first-order chi connectivity index (χ1) is 10.2. The first-order valence-electron chi connectivity index (χ1n) is 7.87. The Balaban J connectivity index is 1.64. The molecule has 1 heterocycles. The lowest BCUT2D eigenvalue weighted by molar-refractivity contribution is -0.137. The van der Waals surface area contributed by atoms with Gasteiger partial charge in [-0.2, -0.15) is 0 Å². The Bertz CT molecular complexity index is 493. The molecule has 1 saturated carbocycles. The predicted octanol–water partition coefficient (Wildman–Crippen LogP) is 2.64. The molecule has 1 aliphatic heterocycles. The molecule has 21 heavy (non-hydrogen) atoms. The molecule has 2 atom stereocenters. The van der Waals surface area contributed by atoms with Crippen LogP contribution in [0.3, 0.4) is 0 Å². The normalized spacial score (nSPS) is 23.0. The number of ether oxygens (including phenoxy) is 1. The average Bonchev–Trinajstić information content (AvgIpc) is 3.18. The third kappa shape index (κ3) is 3.97. The molecular weight excluding hydrogens is 266 g/mol. The fourth-order valence-corrected chi connectivity index (χ4v) is 3.15. The second-order valence-electron chi connectivity index (χ2n) is 6.28. The SMILES string of the molecule is O=C(O)CC(c1cccc(OCC2CCNC2)c1)C1CC1. The lowest BCUT2D eigenvalue weighted by atomic mass is 9.91. The van der Waals surface area contributed by atoms with E-state index >= 15 is 0 Å². The summed E-state index contributed by atoms with van der Waals surface area (Å²) in [4.78, 5) is 11.1. The van der Waals surface area contributed by atoms with Crippen LogP contribution in [0.25, 0.3) is 0 Å². The average molecular weight is 289 g/mol. The van der Waals surface area contributed by atoms with E-state index in [1.54, 1.807) is 0 Å². The summed E-state index contributed by atoms with van der Waals surface area (Å²) in [7, 11) is 0. The van der Waals surface area contributed by atoms with E-state index in [0.29, 0.717) is 11.8 Å². The Morgan fingerprint density at radius 2 is 2.24 bits per heavy atom. The van der Waals surface area contributed by atoms with Gasteiger partial charge in [0, 0.05) is 12.5 Å². The third-order valence-corrected chi connectivity index (χ3v) is 4.52. The minimum absolute atomic E-state index is 0.138. The Morgan fingerprint density at radius 3 is 2.90 bits per heavy atom. The predicted molar refractivity (Wildman–Crippen MR) is 80.6 cm³/mol. The summed E-state index contributed by atoms with van der Waals surface area (Å²) >= 11 is 0. The van der Waals surface area contributed by atoms with Crippen LogP contribution in [0.5, 0.6) is 5.75 Å². The van der Waals surface area contributed by atoms with E-state index in [2.05, 4.69) is 5.32 Å². The van der Waals surface area contributed by atoms with Crippen molar-refractivity contribution in [3.63, 3.8) is 0 Å². The Labute approximate surface area is 125 Å². The van der Waals surface area contributed by atoms with Crippen molar-refractivity contribution >= 4 is 5.97 Å². The standard InChI is InChI=1S/C17H23NO3/c19-17(20)9-16(13-4-5-13)14-2-1-3-15(8-14)21-11-12-6-7-18-10-12/h1-3,8,12-13,16,18H,4-7,9-11H2,(H,19,20). The van der Waals surface area contributed by atoms with Crippen molar-refractivity contribution in [3.8, 4) is 5.75 Å². The molecule has 1 aromatic carbocycles. The molecule has 4 heteroatoms. The number of hydrogen-bond donors (Lipinski definition) is 2. The van der Waals surface area contributed by atoms with Gasteiger partial charge in [0.1, 0.15) is 5.75 Å². The highest BCUT2D eigenvalue weighted by molar-refractivity contribution is 5.68. The van der Waals surface area contributed by atoms with Crippen LogP contribution in [0.2, 0.25) is 0 Å². The molecule has 2 N–H and O–H groups in total. The van der Waals surface area contributed by atoms with Crippen molar-refractivity contribution in [2.24, 2.45) is 11.8 Å². The summed E-state index contributed by atoms with van der Waals surface area (Å²) in [6.45, 7) is 2.85. The first kappa shape index (κ1) is 14.4. The number of aliphatic carboxylic acids is 1. The maximum atomic E-state index is 11.1. The molecule has 1 aliphatic carbocycles. The van der Waals surface area contributed by atoms with Gasteiger partial charge < -0.3 is 15.2 Å². The maximum absolute atomic E-state index is 11.1. The molecule has 3 rings (SSSR count). The van der Waals surface area contributed by atoms with Crippen LogP contribution in [0, 0.1) is 11.8 Å². The van der Waals surface area contributed by atoms with E-state index in [4.69, 9.17) is 9.84 Å². The molecule has 2 aliphatic rings. The lowest BCUT2D eigenvalue weighted by Gasteiger charge is -2.16. The van der Waals surface area contributed by atoms with Gasteiger partial charge in [-0.05, 0) is 55.3 Å². The molecule has 0 radical (unpaired) electrons. The number of hydrogen-bond acceptors (Lipinski definition) is 3.